The topological polar surface area (TPSA) is 98.2 Å². The smallest absolute Gasteiger partial charge is 0.296 e. The highest BCUT2D eigenvalue weighted by Gasteiger charge is 2.16. The zero-order valence-electron chi connectivity index (χ0n) is 12.7. The van der Waals surface area contributed by atoms with E-state index in [4.69, 9.17) is 9.56 Å². The number of anilines is 1. The van der Waals surface area contributed by atoms with Gasteiger partial charge in [0, 0.05) is 11.3 Å². The summed E-state index contributed by atoms with van der Waals surface area (Å²) in [7, 11) is -3.83. The van der Waals surface area contributed by atoms with Gasteiger partial charge in [-0.3, -0.25) is 4.72 Å². The molecule has 3 aromatic rings. The first kappa shape index (κ1) is 16.2. The Morgan fingerprint density at radius 1 is 1.12 bits per heavy atom. The van der Waals surface area contributed by atoms with Gasteiger partial charge in [0.05, 0.1) is 11.3 Å². The number of nitrogens with two attached hydrogens (primary N) is 1. The second-order valence-electron chi connectivity index (χ2n) is 5.14. The molecular weight excluding hydrogens is 333 g/mol. The molecule has 0 aliphatic rings. The highest BCUT2D eigenvalue weighted by molar-refractivity contribution is 7.90. The van der Waals surface area contributed by atoms with Gasteiger partial charge in [-0.2, -0.15) is 8.42 Å². The molecule has 0 unspecified atom stereocenters. The Labute approximate surface area is 138 Å². The summed E-state index contributed by atoms with van der Waals surface area (Å²) in [5, 5.41) is 4.92. The van der Waals surface area contributed by atoms with Crippen LogP contribution in [-0.2, 0) is 10.2 Å². The second kappa shape index (κ2) is 6.06. The van der Waals surface area contributed by atoms with Crippen LogP contribution in [0.4, 0.5) is 10.1 Å². The molecule has 8 heteroatoms. The van der Waals surface area contributed by atoms with E-state index < -0.39 is 16.0 Å². The van der Waals surface area contributed by atoms with Gasteiger partial charge in [-0.25, -0.2) is 14.5 Å². The summed E-state index contributed by atoms with van der Waals surface area (Å²) in [4.78, 5) is 4.26. The van der Waals surface area contributed by atoms with Gasteiger partial charge in [-0.15, -0.1) is 0 Å². The molecule has 124 valence electrons. The van der Waals surface area contributed by atoms with E-state index >= 15 is 0 Å². The Morgan fingerprint density at radius 2 is 1.79 bits per heavy atom. The van der Waals surface area contributed by atoms with E-state index in [1.165, 1.54) is 6.07 Å². The van der Waals surface area contributed by atoms with Gasteiger partial charge >= 0.3 is 0 Å². The van der Waals surface area contributed by atoms with Gasteiger partial charge in [-0.05, 0) is 43.3 Å². The Balaban J connectivity index is 1.95. The van der Waals surface area contributed by atoms with E-state index in [0.717, 1.165) is 0 Å². The molecule has 0 saturated heterocycles. The maximum atomic E-state index is 13.9. The van der Waals surface area contributed by atoms with Crippen molar-refractivity contribution in [1.82, 2.24) is 4.98 Å². The van der Waals surface area contributed by atoms with Crippen molar-refractivity contribution in [2.45, 2.75) is 6.92 Å². The molecule has 0 aliphatic heterocycles. The molecule has 0 atom stereocenters. The Bertz CT molecular complexity index is 982. The standard InChI is InChI=1S/C16H14FN3O3S/c1-10-15(11-6-8-12(9-7-11)20-24(18,21)22)23-16(19-10)13-4-2-3-5-14(13)17/h2-9,20H,1H3,(H2,18,21,22). The minimum absolute atomic E-state index is 0.187. The number of nitrogens with one attached hydrogen (secondary N) is 1. The molecule has 2 aromatic carbocycles. The summed E-state index contributed by atoms with van der Waals surface area (Å²) < 4.78 is 43.7. The fourth-order valence-corrected chi connectivity index (χ4v) is 2.73. The molecule has 3 rings (SSSR count). The molecule has 0 amide bonds. The predicted octanol–water partition coefficient (Wildman–Crippen LogP) is 3.07. The fourth-order valence-electron chi connectivity index (χ4n) is 2.27. The van der Waals surface area contributed by atoms with Crippen LogP contribution in [0.25, 0.3) is 22.8 Å². The third-order valence-corrected chi connectivity index (χ3v) is 3.83. The average molecular weight is 347 g/mol. The Hall–Kier alpha value is -2.71. The van der Waals surface area contributed by atoms with Crippen LogP contribution in [0.2, 0.25) is 0 Å². The van der Waals surface area contributed by atoms with E-state index in [1.807, 2.05) is 0 Å². The number of rotatable bonds is 4. The first-order valence-corrected chi connectivity index (χ1v) is 8.51. The molecule has 0 bridgehead atoms. The summed E-state index contributed by atoms with van der Waals surface area (Å²) in [5.41, 5.74) is 1.88. The molecule has 1 heterocycles. The maximum absolute atomic E-state index is 13.9. The second-order valence-corrected chi connectivity index (χ2v) is 6.43. The van der Waals surface area contributed by atoms with Crippen LogP contribution < -0.4 is 9.86 Å². The van der Waals surface area contributed by atoms with Crippen LogP contribution >= 0.6 is 0 Å². The van der Waals surface area contributed by atoms with E-state index in [-0.39, 0.29) is 11.5 Å². The minimum atomic E-state index is -3.83. The quantitative estimate of drug-likeness (QED) is 0.758. The Morgan fingerprint density at radius 3 is 2.42 bits per heavy atom. The summed E-state index contributed by atoms with van der Waals surface area (Å²) in [6.45, 7) is 1.75. The summed E-state index contributed by atoms with van der Waals surface area (Å²) in [6, 6.07) is 12.6. The van der Waals surface area contributed by atoms with Crippen molar-refractivity contribution in [2.75, 3.05) is 4.72 Å². The molecule has 0 fully saturated rings. The summed E-state index contributed by atoms with van der Waals surface area (Å²) in [6.07, 6.45) is 0. The van der Waals surface area contributed by atoms with Crippen molar-refractivity contribution in [3.8, 4) is 22.8 Å². The van der Waals surface area contributed by atoms with Crippen molar-refractivity contribution in [3.63, 3.8) is 0 Å². The van der Waals surface area contributed by atoms with Gasteiger partial charge < -0.3 is 4.42 Å². The summed E-state index contributed by atoms with van der Waals surface area (Å²) >= 11 is 0. The fraction of sp³-hybridized carbons (Fsp3) is 0.0625. The lowest BCUT2D eigenvalue weighted by molar-refractivity contribution is 0.573. The van der Waals surface area contributed by atoms with Crippen molar-refractivity contribution >= 4 is 15.9 Å². The zero-order valence-corrected chi connectivity index (χ0v) is 13.5. The lowest BCUT2D eigenvalue weighted by Gasteiger charge is -2.04. The number of hydrogen-bond donors (Lipinski definition) is 2. The third-order valence-electron chi connectivity index (χ3n) is 3.31. The van der Waals surface area contributed by atoms with Crippen LogP contribution in [0, 0.1) is 12.7 Å². The van der Waals surface area contributed by atoms with Crippen LogP contribution in [0.1, 0.15) is 5.69 Å². The van der Waals surface area contributed by atoms with E-state index in [2.05, 4.69) is 9.71 Å². The first-order valence-electron chi connectivity index (χ1n) is 6.97. The molecule has 24 heavy (non-hydrogen) atoms. The first-order chi connectivity index (χ1) is 11.3. The summed E-state index contributed by atoms with van der Waals surface area (Å²) in [5.74, 6) is 0.251. The van der Waals surface area contributed by atoms with Crippen LogP contribution in [0.5, 0.6) is 0 Å². The minimum Gasteiger partial charge on any atom is -0.436 e. The largest absolute Gasteiger partial charge is 0.436 e. The molecule has 0 radical (unpaired) electrons. The van der Waals surface area contributed by atoms with E-state index in [9.17, 15) is 12.8 Å². The van der Waals surface area contributed by atoms with Gasteiger partial charge in [0.2, 0.25) is 5.89 Å². The van der Waals surface area contributed by atoms with E-state index in [0.29, 0.717) is 22.7 Å². The molecule has 0 saturated carbocycles. The van der Waals surface area contributed by atoms with Gasteiger partial charge in [-0.1, -0.05) is 12.1 Å². The van der Waals surface area contributed by atoms with Gasteiger partial charge in [0.15, 0.2) is 5.76 Å². The SMILES string of the molecule is Cc1nc(-c2ccccc2F)oc1-c1ccc(NS(N)(=O)=O)cc1. The number of aryl methyl sites for hydroxylation is 1. The molecular formula is C16H14FN3O3S. The van der Waals surface area contributed by atoms with E-state index in [1.54, 1.807) is 49.4 Å². The molecule has 1 aromatic heterocycles. The zero-order chi connectivity index (χ0) is 17.3. The third kappa shape index (κ3) is 3.44. The van der Waals surface area contributed by atoms with Gasteiger partial charge in [0.25, 0.3) is 10.2 Å². The molecule has 0 spiro atoms. The van der Waals surface area contributed by atoms with Crippen molar-refractivity contribution in [3.05, 3.63) is 60.0 Å². The average Bonchev–Trinajstić information content (AvgIpc) is 2.89. The van der Waals surface area contributed by atoms with Gasteiger partial charge in [0.1, 0.15) is 5.82 Å². The number of benzene rings is 2. The highest BCUT2D eigenvalue weighted by Crippen LogP contribution is 2.31. The molecule has 0 aliphatic carbocycles. The maximum Gasteiger partial charge on any atom is 0.296 e. The molecule has 3 N–H and O–H groups in total. The Kier molecular flexibility index (Phi) is 4.08. The highest BCUT2D eigenvalue weighted by atomic mass is 32.2. The molecule has 6 nitrogen and oxygen atoms in total. The normalized spacial score (nSPS) is 11.5. The van der Waals surface area contributed by atoms with Crippen LogP contribution in [0.3, 0.4) is 0 Å². The number of halogens is 1. The predicted molar refractivity (Wildman–Crippen MR) is 88.8 cm³/mol. The monoisotopic (exact) mass is 347 g/mol. The van der Waals surface area contributed by atoms with Crippen molar-refractivity contribution < 1.29 is 17.2 Å². The van der Waals surface area contributed by atoms with Crippen molar-refractivity contribution in [1.29, 1.82) is 0 Å². The van der Waals surface area contributed by atoms with Crippen molar-refractivity contribution in [2.24, 2.45) is 5.14 Å². The number of aromatic nitrogens is 1. The lowest BCUT2D eigenvalue weighted by atomic mass is 10.1. The number of hydrogen-bond acceptors (Lipinski definition) is 4. The number of oxazole rings is 1. The van der Waals surface area contributed by atoms with Crippen LogP contribution in [-0.4, -0.2) is 13.4 Å². The lowest BCUT2D eigenvalue weighted by Crippen LogP contribution is -2.21. The van der Waals surface area contributed by atoms with Crippen LogP contribution in [0.15, 0.2) is 52.9 Å². The number of nitrogens with zero attached hydrogens (tertiary/aromatic N) is 1.